The van der Waals surface area contributed by atoms with E-state index in [0.717, 1.165) is 0 Å². The fourth-order valence-electron chi connectivity index (χ4n) is 1.62. The number of nitrogens with one attached hydrogen (secondary N) is 1. The summed E-state index contributed by atoms with van der Waals surface area (Å²) in [6.07, 6.45) is 0.710. The largest absolute Gasteiger partial charge is 0.481 e. The number of aliphatic carboxylic acids is 1. The molecule has 0 spiro atoms. The number of carbonyl (C=O) groups is 3. The molecule has 0 saturated carbocycles. The molecule has 0 aromatic rings. The summed E-state index contributed by atoms with van der Waals surface area (Å²) >= 11 is 0. The SMILES string of the molecule is CC(C)(C)OC(=O)CCOCCOCCNC(=O)CCCC(=O)O. The van der Waals surface area contributed by atoms with Crippen LogP contribution in [0.1, 0.15) is 46.5 Å². The summed E-state index contributed by atoms with van der Waals surface area (Å²) in [7, 11) is 0. The number of ether oxygens (including phenoxy) is 3. The minimum atomic E-state index is -0.905. The van der Waals surface area contributed by atoms with Crippen LogP contribution in [0, 0.1) is 0 Å². The average molecular weight is 347 g/mol. The minimum Gasteiger partial charge on any atom is -0.481 e. The molecule has 0 heterocycles. The molecular weight excluding hydrogens is 318 g/mol. The maximum absolute atomic E-state index is 11.4. The highest BCUT2D eigenvalue weighted by atomic mass is 16.6. The molecule has 0 aliphatic carbocycles. The van der Waals surface area contributed by atoms with Crippen molar-refractivity contribution in [3.63, 3.8) is 0 Å². The topological polar surface area (TPSA) is 111 Å². The highest BCUT2D eigenvalue weighted by Crippen LogP contribution is 2.07. The third-order valence-corrected chi connectivity index (χ3v) is 2.61. The van der Waals surface area contributed by atoms with Gasteiger partial charge < -0.3 is 24.6 Å². The molecule has 8 heteroatoms. The van der Waals surface area contributed by atoms with Gasteiger partial charge >= 0.3 is 11.9 Å². The smallest absolute Gasteiger partial charge is 0.308 e. The quantitative estimate of drug-likeness (QED) is 0.379. The second-order valence-electron chi connectivity index (χ2n) is 6.16. The molecule has 0 fully saturated rings. The lowest BCUT2D eigenvalue weighted by Gasteiger charge is -2.19. The van der Waals surface area contributed by atoms with Crippen LogP contribution in [0.3, 0.4) is 0 Å². The van der Waals surface area contributed by atoms with E-state index in [1.165, 1.54) is 0 Å². The zero-order chi connectivity index (χ0) is 18.4. The van der Waals surface area contributed by atoms with E-state index in [1.54, 1.807) is 0 Å². The first-order valence-corrected chi connectivity index (χ1v) is 8.06. The molecule has 0 saturated heterocycles. The molecule has 24 heavy (non-hydrogen) atoms. The van der Waals surface area contributed by atoms with E-state index in [-0.39, 0.29) is 37.7 Å². The van der Waals surface area contributed by atoms with Crippen molar-refractivity contribution in [2.24, 2.45) is 0 Å². The molecule has 0 aromatic carbocycles. The second-order valence-corrected chi connectivity index (χ2v) is 6.16. The first-order chi connectivity index (χ1) is 11.2. The van der Waals surface area contributed by atoms with Gasteiger partial charge in [0, 0.05) is 19.4 Å². The Hall–Kier alpha value is -1.67. The maximum Gasteiger partial charge on any atom is 0.308 e. The van der Waals surface area contributed by atoms with Crippen LogP contribution >= 0.6 is 0 Å². The van der Waals surface area contributed by atoms with Gasteiger partial charge in [0.25, 0.3) is 0 Å². The molecule has 0 aliphatic heterocycles. The van der Waals surface area contributed by atoms with Crippen LogP contribution in [0.4, 0.5) is 0 Å². The summed E-state index contributed by atoms with van der Waals surface area (Å²) in [5, 5.41) is 11.1. The van der Waals surface area contributed by atoms with Gasteiger partial charge in [0.15, 0.2) is 0 Å². The summed E-state index contributed by atoms with van der Waals surface area (Å²) < 4.78 is 15.7. The molecule has 140 valence electrons. The molecule has 2 N–H and O–H groups in total. The van der Waals surface area contributed by atoms with E-state index < -0.39 is 11.6 Å². The standard InChI is InChI=1S/C16H29NO7/c1-16(2,3)24-15(21)7-9-22-11-12-23-10-8-17-13(18)5-4-6-14(19)20/h4-12H2,1-3H3,(H,17,18)(H,19,20). The molecule has 0 radical (unpaired) electrons. The summed E-state index contributed by atoms with van der Waals surface area (Å²) in [5.74, 6) is -1.39. The molecule has 0 rings (SSSR count). The molecule has 1 amide bonds. The van der Waals surface area contributed by atoms with Crippen molar-refractivity contribution in [1.29, 1.82) is 0 Å². The summed E-state index contributed by atoms with van der Waals surface area (Å²) in [5.41, 5.74) is -0.488. The summed E-state index contributed by atoms with van der Waals surface area (Å²) in [6, 6.07) is 0. The third-order valence-electron chi connectivity index (χ3n) is 2.61. The molecule has 8 nitrogen and oxygen atoms in total. The average Bonchev–Trinajstić information content (AvgIpc) is 2.43. The fourth-order valence-corrected chi connectivity index (χ4v) is 1.62. The number of carboxylic acid groups (broad SMARTS) is 1. The Kier molecular flexibility index (Phi) is 11.8. The molecule has 0 atom stereocenters. The van der Waals surface area contributed by atoms with Crippen LogP contribution in [-0.2, 0) is 28.6 Å². The Balaban J connectivity index is 3.35. The lowest BCUT2D eigenvalue weighted by atomic mass is 10.2. The van der Waals surface area contributed by atoms with Gasteiger partial charge in [-0.3, -0.25) is 14.4 Å². The predicted octanol–water partition coefficient (Wildman–Crippen LogP) is 1.12. The van der Waals surface area contributed by atoms with Crippen molar-refractivity contribution < 1.29 is 33.7 Å². The Morgan fingerprint density at radius 1 is 0.917 bits per heavy atom. The van der Waals surface area contributed by atoms with Crippen LogP contribution in [0.25, 0.3) is 0 Å². The Labute approximate surface area is 142 Å². The van der Waals surface area contributed by atoms with E-state index >= 15 is 0 Å². The highest BCUT2D eigenvalue weighted by molar-refractivity contribution is 5.76. The van der Waals surface area contributed by atoms with Crippen LogP contribution < -0.4 is 5.32 Å². The van der Waals surface area contributed by atoms with Crippen molar-refractivity contribution in [1.82, 2.24) is 5.32 Å². The van der Waals surface area contributed by atoms with Gasteiger partial charge in [-0.2, -0.15) is 0 Å². The van der Waals surface area contributed by atoms with Crippen LogP contribution in [0.15, 0.2) is 0 Å². The molecular formula is C16H29NO7. The number of hydrogen-bond acceptors (Lipinski definition) is 6. The van der Waals surface area contributed by atoms with E-state index in [1.807, 2.05) is 20.8 Å². The van der Waals surface area contributed by atoms with E-state index in [4.69, 9.17) is 19.3 Å². The zero-order valence-electron chi connectivity index (χ0n) is 14.8. The van der Waals surface area contributed by atoms with Gasteiger partial charge in [-0.1, -0.05) is 0 Å². The number of rotatable bonds is 13. The van der Waals surface area contributed by atoms with E-state index in [9.17, 15) is 14.4 Å². The van der Waals surface area contributed by atoms with Gasteiger partial charge in [-0.25, -0.2) is 0 Å². The van der Waals surface area contributed by atoms with Gasteiger partial charge in [-0.15, -0.1) is 0 Å². The van der Waals surface area contributed by atoms with Gasteiger partial charge in [0.1, 0.15) is 5.60 Å². The van der Waals surface area contributed by atoms with Crippen molar-refractivity contribution in [2.45, 2.75) is 52.1 Å². The maximum atomic E-state index is 11.4. The second kappa shape index (κ2) is 12.7. The van der Waals surface area contributed by atoms with Crippen molar-refractivity contribution in [3.05, 3.63) is 0 Å². The summed E-state index contributed by atoms with van der Waals surface area (Å²) in [6.45, 7) is 7.14. The van der Waals surface area contributed by atoms with Crippen LogP contribution in [-0.4, -0.2) is 61.5 Å². The van der Waals surface area contributed by atoms with E-state index in [2.05, 4.69) is 5.32 Å². The number of carboxylic acids is 1. The van der Waals surface area contributed by atoms with Gasteiger partial charge in [0.05, 0.1) is 32.8 Å². The molecule has 0 aromatic heterocycles. The van der Waals surface area contributed by atoms with Gasteiger partial charge in [-0.05, 0) is 27.2 Å². The lowest BCUT2D eigenvalue weighted by molar-refractivity contribution is -0.156. The molecule has 0 bridgehead atoms. The number of carbonyl (C=O) groups excluding carboxylic acids is 2. The van der Waals surface area contributed by atoms with Crippen LogP contribution in [0.5, 0.6) is 0 Å². The zero-order valence-corrected chi connectivity index (χ0v) is 14.8. The predicted molar refractivity (Wildman–Crippen MR) is 86.6 cm³/mol. The third kappa shape index (κ3) is 16.7. The van der Waals surface area contributed by atoms with Crippen molar-refractivity contribution >= 4 is 17.8 Å². The molecule has 0 aliphatic rings. The normalized spacial score (nSPS) is 11.1. The number of amides is 1. The van der Waals surface area contributed by atoms with Gasteiger partial charge in [0.2, 0.25) is 5.91 Å². The van der Waals surface area contributed by atoms with Crippen molar-refractivity contribution in [3.8, 4) is 0 Å². The first-order valence-electron chi connectivity index (χ1n) is 8.06. The Morgan fingerprint density at radius 3 is 2.12 bits per heavy atom. The summed E-state index contributed by atoms with van der Waals surface area (Å²) in [4.78, 5) is 33.0. The van der Waals surface area contributed by atoms with Crippen molar-refractivity contribution in [2.75, 3.05) is 33.0 Å². The molecule has 0 unspecified atom stereocenters. The monoisotopic (exact) mass is 347 g/mol. The van der Waals surface area contributed by atoms with Crippen LogP contribution in [0.2, 0.25) is 0 Å². The lowest BCUT2D eigenvalue weighted by Crippen LogP contribution is -2.27. The van der Waals surface area contributed by atoms with E-state index in [0.29, 0.717) is 32.8 Å². The highest BCUT2D eigenvalue weighted by Gasteiger charge is 2.15. The minimum absolute atomic E-state index is 0.00937. The Bertz CT molecular complexity index is 390. The Morgan fingerprint density at radius 2 is 1.54 bits per heavy atom. The fraction of sp³-hybridized carbons (Fsp3) is 0.812. The first kappa shape index (κ1) is 22.3. The number of esters is 1. The number of hydrogen-bond donors (Lipinski definition) is 2.